The van der Waals surface area contributed by atoms with E-state index in [2.05, 4.69) is 123 Å². The van der Waals surface area contributed by atoms with E-state index in [4.69, 9.17) is 18.5 Å². The smallest absolute Gasteiger partial charge is 0.462 e. The molecule has 0 fully saturated rings. The van der Waals surface area contributed by atoms with Gasteiger partial charge in [-0.05, 0) is 83.5 Å². The highest BCUT2D eigenvalue weighted by atomic mass is 31.2. The first-order valence-electron chi connectivity index (χ1n) is 39.6. The zero-order chi connectivity index (χ0) is 68.3. The molecule has 0 aliphatic rings. The summed E-state index contributed by atoms with van der Waals surface area (Å²) in [7, 11) is 1.46. The summed E-state index contributed by atoms with van der Waals surface area (Å²) < 4.78 is 34.8. The van der Waals surface area contributed by atoms with Crippen LogP contribution in [0.25, 0.3) is 0 Å². The van der Waals surface area contributed by atoms with Gasteiger partial charge in [0, 0.05) is 12.8 Å². The number of likely N-dealkylation sites (N-methyl/N-ethyl adjacent to an activating group) is 1. The lowest BCUT2D eigenvalue weighted by Gasteiger charge is -2.24. The van der Waals surface area contributed by atoms with Crippen LogP contribution in [0.4, 0.5) is 0 Å². The third-order valence-electron chi connectivity index (χ3n) is 17.3. The molecule has 0 rings (SSSR count). The first-order valence-corrected chi connectivity index (χ1v) is 41.1. The van der Waals surface area contributed by atoms with Crippen molar-refractivity contribution >= 4 is 19.8 Å². The fraction of sp³-hybridized carbons (Fsp3) is 0.762. The van der Waals surface area contributed by atoms with Crippen molar-refractivity contribution in [2.24, 2.45) is 0 Å². The van der Waals surface area contributed by atoms with E-state index in [0.717, 1.165) is 109 Å². The maximum Gasteiger partial charge on any atom is 0.472 e. The van der Waals surface area contributed by atoms with Gasteiger partial charge in [0.05, 0.1) is 27.7 Å². The van der Waals surface area contributed by atoms with Gasteiger partial charge in [-0.1, -0.05) is 374 Å². The van der Waals surface area contributed by atoms with Crippen molar-refractivity contribution in [3.63, 3.8) is 0 Å². The molecule has 2 atom stereocenters. The van der Waals surface area contributed by atoms with Crippen molar-refractivity contribution in [3.05, 3.63) is 109 Å². The number of quaternary nitrogens is 1. The molecule has 0 aromatic carbocycles. The topological polar surface area (TPSA) is 108 Å². The maximum atomic E-state index is 12.9. The summed E-state index contributed by atoms with van der Waals surface area (Å²) in [5, 5.41) is 0. The third-order valence-corrected chi connectivity index (χ3v) is 18.3. The van der Waals surface area contributed by atoms with Crippen molar-refractivity contribution in [2.45, 2.75) is 367 Å². The molecule has 0 heterocycles. The number of carbonyl (C=O) groups is 2. The molecule has 0 bridgehead atoms. The highest BCUT2D eigenvalue weighted by molar-refractivity contribution is 7.47. The second-order valence-electron chi connectivity index (χ2n) is 27.7. The van der Waals surface area contributed by atoms with Crippen LogP contribution in [0.1, 0.15) is 361 Å². The van der Waals surface area contributed by atoms with Gasteiger partial charge in [0.15, 0.2) is 6.10 Å². The summed E-state index contributed by atoms with van der Waals surface area (Å²) in [5.74, 6) is -0.812. The molecule has 1 N–H and O–H groups in total. The first kappa shape index (κ1) is 90.7. The van der Waals surface area contributed by atoms with Gasteiger partial charge in [-0.25, -0.2) is 4.57 Å². The Balaban J connectivity index is 4.01. The van der Waals surface area contributed by atoms with E-state index >= 15 is 0 Å². The van der Waals surface area contributed by atoms with Crippen LogP contribution >= 0.6 is 7.82 Å². The van der Waals surface area contributed by atoms with E-state index < -0.39 is 26.5 Å². The normalized spacial score (nSPS) is 13.6. The molecule has 94 heavy (non-hydrogen) atoms. The van der Waals surface area contributed by atoms with Gasteiger partial charge in [0.25, 0.3) is 0 Å². The molecule has 0 aliphatic heterocycles. The van der Waals surface area contributed by atoms with Crippen molar-refractivity contribution in [1.82, 2.24) is 0 Å². The molecule has 0 radical (unpaired) electrons. The van der Waals surface area contributed by atoms with Crippen LogP contribution in [0.2, 0.25) is 0 Å². The van der Waals surface area contributed by atoms with Gasteiger partial charge in [0.2, 0.25) is 0 Å². The van der Waals surface area contributed by atoms with Crippen molar-refractivity contribution in [2.75, 3.05) is 47.5 Å². The van der Waals surface area contributed by atoms with Gasteiger partial charge in [0.1, 0.15) is 19.8 Å². The Morgan fingerprint density at radius 3 is 0.904 bits per heavy atom. The molecule has 544 valence electrons. The Labute approximate surface area is 582 Å². The average molecular weight is 1330 g/mol. The van der Waals surface area contributed by atoms with Crippen molar-refractivity contribution in [1.29, 1.82) is 0 Å². The van der Waals surface area contributed by atoms with Crippen LogP contribution in [0.3, 0.4) is 0 Å². The summed E-state index contributed by atoms with van der Waals surface area (Å²) in [6.45, 7) is 4.34. The maximum absolute atomic E-state index is 12.9. The van der Waals surface area contributed by atoms with E-state index in [-0.39, 0.29) is 32.0 Å². The largest absolute Gasteiger partial charge is 0.472 e. The lowest BCUT2D eigenvalue weighted by atomic mass is 10.0. The number of rotatable bonds is 73. The van der Waals surface area contributed by atoms with E-state index in [0.29, 0.717) is 17.4 Å². The second-order valence-corrected chi connectivity index (χ2v) is 29.2. The highest BCUT2D eigenvalue weighted by Gasteiger charge is 2.27. The Morgan fingerprint density at radius 2 is 0.606 bits per heavy atom. The Morgan fingerprint density at radius 1 is 0.340 bits per heavy atom. The number of carbonyl (C=O) groups excluding carboxylic acids is 2. The second kappa shape index (κ2) is 73.9. The van der Waals surface area contributed by atoms with E-state index in [1.165, 1.54) is 218 Å². The zero-order valence-electron chi connectivity index (χ0n) is 62.2. The van der Waals surface area contributed by atoms with E-state index in [1.807, 2.05) is 21.1 Å². The summed E-state index contributed by atoms with van der Waals surface area (Å²) in [5.41, 5.74) is 0. The molecule has 0 aliphatic carbocycles. The van der Waals surface area contributed by atoms with Crippen LogP contribution in [-0.2, 0) is 32.7 Å². The average Bonchev–Trinajstić information content (AvgIpc) is 1.56. The van der Waals surface area contributed by atoms with Gasteiger partial charge in [-0.3, -0.25) is 18.6 Å². The molecule has 10 heteroatoms. The van der Waals surface area contributed by atoms with Crippen LogP contribution in [0, 0.1) is 0 Å². The number of ether oxygens (including phenoxy) is 2. The molecule has 0 saturated carbocycles. The number of hydrogen-bond donors (Lipinski definition) is 1. The molecule has 0 aromatic heterocycles. The minimum atomic E-state index is -4.41. The number of nitrogens with zero attached hydrogens (tertiary/aromatic N) is 1. The quantitative estimate of drug-likeness (QED) is 0.0211. The minimum absolute atomic E-state index is 0.0237. The fourth-order valence-corrected chi connectivity index (χ4v) is 12.0. The van der Waals surface area contributed by atoms with Crippen LogP contribution in [-0.4, -0.2) is 74.9 Å². The predicted molar refractivity (Wildman–Crippen MR) is 408 cm³/mol. The van der Waals surface area contributed by atoms with Crippen LogP contribution in [0.5, 0.6) is 0 Å². The molecule has 0 amide bonds. The van der Waals surface area contributed by atoms with E-state index in [1.54, 1.807) is 0 Å². The lowest BCUT2D eigenvalue weighted by molar-refractivity contribution is -0.870. The SMILES string of the molecule is CC/C=C\C/C=C\C/C=C\C/C=C\C/C=C\C/C=C\C/C=C\C/C=C\C/C=C\CCCCCCCC(=O)OC(COC(=O)CCCCCCCCCCCCCCCCCCCCCCCCCCCCCCCCCCCCCCC)COP(=O)(O)OCC[N+](C)(C)C. The molecule has 0 saturated heterocycles. The van der Waals surface area contributed by atoms with E-state index in [9.17, 15) is 19.0 Å². The zero-order valence-corrected chi connectivity index (χ0v) is 63.1. The van der Waals surface area contributed by atoms with Crippen LogP contribution < -0.4 is 0 Å². The summed E-state index contributed by atoms with van der Waals surface area (Å²) in [6.07, 6.45) is 105. The van der Waals surface area contributed by atoms with Crippen molar-refractivity contribution in [3.8, 4) is 0 Å². The number of phosphoric ester groups is 1. The lowest BCUT2D eigenvalue weighted by Crippen LogP contribution is -2.37. The molecule has 0 spiro atoms. The highest BCUT2D eigenvalue weighted by Crippen LogP contribution is 2.43. The number of phosphoric acid groups is 1. The monoisotopic (exact) mass is 1330 g/mol. The molecular weight excluding hydrogens is 1180 g/mol. The summed E-state index contributed by atoms with van der Waals surface area (Å²) >= 11 is 0. The molecule has 9 nitrogen and oxygen atoms in total. The number of allylic oxidation sites excluding steroid dienone is 18. The Hall–Kier alpha value is -3.33. The minimum Gasteiger partial charge on any atom is -0.462 e. The number of esters is 2. The van der Waals surface area contributed by atoms with Crippen LogP contribution in [0.15, 0.2) is 109 Å². The van der Waals surface area contributed by atoms with Gasteiger partial charge < -0.3 is 18.9 Å². The number of hydrogen-bond acceptors (Lipinski definition) is 7. The fourth-order valence-electron chi connectivity index (χ4n) is 11.3. The predicted octanol–water partition coefficient (Wildman–Crippen LogP) is 26.4. The van der Waals surface area contributed by atoms with Gasteiger partial charge in [-0.2, -0.15) is 0 Å². The van der Waals surface area contributed by atoms with Gasteiger partial charge in [-0.15, -0.1) is 0 Å². The molecular formula is C84H151NO8P+. The summed E-state index contributed by atoms with van der Waals surface area (Å²) in [4.78, 5) is 36.0. The first-order chi connectivity index (χ1) is 46.0. The van der Waals surface area contributed by atoms with Crippen molar-refractivity contribution < 1.29 is 42.1 Å². The standard InChI is InChI=1S/C84H150NO8P/c1-6-8-10-12-14-16-18-20-22-24-26-28-30-32-34-36-38-40-41-42-43-45-46-48-50-52-54-56-58-60-62-64-66-68-70-72-74-76-83(86)90-80-82(81-92-94(88,89)91-79-78-85(3,4)5)93-84(87)77-75-73-71-69-67-65-63-61-59-57-55-53-51-49-47-44-39-37-35-33-31-29-27-25-23-21-19-17-15-13-11-9-7-2/h9,11,15,17,21,23,27,29,33,35,39,44,49,51,55,57,61,63,82H,6-8,10,12-14,16,18-20,22,24-26,28,30-32,34,36-38,40-43,45-48,50,52-54,56,58-60,62,64-81H2,1-5H3/p+1/b11-9-,17-15-,23-21-,29-27-,35-33-,44-39-,51-49-,57-55-,63-61-. The summed E-state index contributed by atoms with van der Waals surface area (Å²) in [6, 6.07) is 0. The Bertz CT molecular complexity index is 1960. The Kier molecular flexibility index (Phi) is 71.3. The molecule has 0 aromatic rings. The molecule has 2 unspecified atom stereocenters. The number of unbranched alkanes of at least 4 members (excludes halogenated alkanes) is 41. The third kappa shape index (κ3) is 77.7. The van der Waals surface area contributed by atoms with Gasteiger partial charge >= 0.3 is 19.8 Å².